The molecule has 0 spiro atoms. The molecule has 1 saturated carbocycles. The van der Waals surface area contributed by atoms with E-state index in [0.29, 0.717) is 24.2 Å². The minimum Gasteiger partial charge on any atom is -0.481 e. The number of hydrogen-bond donors (Lipinski definition) is 1. The van der Waals surface area contributed by atoms with Gasteiger partial charge in [-0.3, -0.25) is 4.79 Å². The molecular formula is C10H18O2. The fraction of sp³-hybridized carbons (Fsp3) is 0.900. The highest BCUT2D eigenvalue weighted by molar-refractivity contribution is 5.67. The SMILES string of the molecule is CC1CCCC(CC(=O)O)C1C. The van der Waals surface area contributed by atoms with E-state index >= 15 is 0 Å². The van der Waals surface area contributed by atoms with Gasteiger partial charge in [-0.2, -0.15) is 0 Å². The Labute approximate surface area is 74.0 Å². The number of rotatable bonds is 2. The maximum absolute atomic E-state index is 10.5. The largest absolute Gasteiger partial charge is 0.481 e. The van der Waals surface area contributed by atoms with Gasteiger partial charge in [0.05, 0.1) is 0 Å². The summed E-state index contributed by atoms with van der Waals surface area (Å²) in [6, 6.07) is 0. The summed E-state index contributed by atoms with van der Waals surface area (Å²) >= 11 is 0. The second-order valence-electron chi connectivity index (χ2n) is 4.13. The lowest BCUT2D eigenvalue weighted by atomic mass is 9.72. The van der Waals surface area contributed by atoms with Crippen LogP contribution in [0.5, 0.6) is 0 Å². The first kappa shape index (κ1) is 9.56. The van der Waals surface area contributed by atoms with Crippen molar-refractivity contribution in [2.75, 3.05) is 0 Å². The summed E-state index contributed by atoms with van der Waals surface area (Å²) < 4.78 is 0. The van der Waals surface area contributed by atoms with Crippen LogP contribution in [-0.4, -0.2) is 11.1 Å². The topological polar surface area (TPSA) is 37.3 Å². The molecule has 0 amide bonds. The highest BCUT2D eigenvalue weighted by atomic mass is 16.4. The fourth-order valence-electron chi connectivity index (χ4n) is 2.20. The number of hydrogen-bond acceptors (Lipinski definition) is 1. The molecule has 1 N–H and O–H groups in total. The smallest absolute Gasteiger partial charge is 0.303 e. The van der Waals surface area contributed by atoms with Crippen LogP contribution in [0.2, 0.25) is 0 Å². The lowest BCUT2D eigenvalue weighted by Crippen LogP contribution is -2.26. The first-order valence-electron chi connectivity index (χ1n) is 4.83. The maximum atomic E-state index is 10.5. The van der Waals surface area contributed by atoms with E-state index in [-0.39, 0.29) is 0 Å². The van der Waals surface area contributed by atoms with Gasteiger partial charge < -0.3 is 5.11 Å². The molecule has 0 radical (unpaired) electrons. The lowest BCUT2D eigenvalue weighted by Gasteiger charge is -2.33. The van der Waals surface area contributed by atoms with Gasteiger partial charge in [-0.1, -0.05) is 26.7 Å². The fourth-order valence-corrected chi connectivity index (χ4v) is 2.20. The van der Waals surface area contributed by atoms with Crippen molar-refractivity contribution in [1.29, 1.82) is 0 Å². The predicted octanol–water partition coefficient (Wildman–Crippen LogP) is 2.53. The molecule has 0 aromatic carbocycles. The van der Waals surface area contributed by atoms with E-state index in [4.69, 9.17) is 5.11 Å². The van der Waals surface area contributed by atoms with Gasteiger partial charge in [0.1, 0.15) is 0 Å². The molecule has 2 nitrogen and oxygen atoms in total. The number of carboxylic acids is 1. The summed E-state index contributed by atoms with van der Waals surface area (Å²) in [7, 11) is 0. The summed E-state index contributed by atoms with van der Waals surface area (Å²) in [6.07, 6.45) is 3.96. The Morgan fingerprint density at radius 2 is 2.08 bits per heavy atom. The summed E-state index contributed by atoms with van der Waals surface area (Å²) in [5, 5.41) is 8.67. The minimum atomic E-state index is -0.638. The maximum Gasteiger partial charge on any atom is 0.303 e. The van der Waals surface area contributed by atoms with Gasteiger partial charge in [-0.15, -0.1) is 0 Å². The molecule has 0 aromatic heterocycles. The van der Waals surface area contributed by atoms with E-state index in [2.05, 4.69) is 13.8 Å². The van der Waals surface area contributed by atoms with Crippen molar-refractivity contribution >= 4 is 5.97 Å². The van der Waals surface area contributed by atoms with Gasteiger partial charge >= 0.3 is 5.97 Å². The zero-order chi connectivity index (χ0) is 9.14. The van der Waals surface area contributed by atoms with Crippen LogP contribution < -0.4 is 0 Å². The van der Waals surface area contributed by atoms with Crippen LogP contribution in [0.25, 0.3) is 0 Å². The van der Waals surface area contributed by atoms with Crippen LogP contribution in [0.4, 0.5) is 0 Å². The summed E-state index contributed by atoms with van der Waals surface area (Å²) in [6.45, 7) is 4.43. The van der Waals surface area contributed by atoms with E-state index < -0.39 is 5.97 Å². The van der Waals surface area contributed by atoms with Crippen molar-refractivity contribution in [1.82, 2.24) is 0 Å². The third-order valence-corrected chi connectivity index (χ3v) is 3.31. The van der Waals surface area contributed by atoms with Crippen LogP contribution in [-0.2, 0) is 4.79 Å². The Balaban J connectivity index is 2.46. The molecule has 1 rings (SSSR count). The second kappa shape index (κ2) is 3.92. The summed E-state index contributed by atoms with van der Waals surface area (Å²) in [5.74, 6) is 1.09. The zero-order valence-electron chi connectivity index (χ0n) is 7.92. The van der Waals surface area contributed by atoms with Crippen LogP contribution in [0.15, 0.2) is 0 Å². The van der Waals surface area contributed by atoms with E-state index in [1.54, 1.807) is 0 Å². The molecule has 0 saturated heterocycles. The van der Waals surface area contributed by atoms with E-state index in [1.165, 1.54) is 12.8 Å². The zero-order valence-corrected chi connectivity index (χ0v) is 7.92. The molecule has 1 fully saturated rings. The molecule has 12 heavy (non-hydrogen) atoms. The van der Waals surface area contributed by atoms with Crippen molar-refractivity contribution < 1.29 is 9.90 Å². The number of carboxylic acid groups (broad SMARTS) is 1. The van der Waals surface area contributed by atoms with Gasteiger partial charge in [0.25, 0.3) is 0 Å². The quantitative estimate of drug-likeness (QED) is 0.691. The Hall–Kier alpha value is -0.530. The van der Waals surface area contributed by atoms with E-state index in [1.807, 2.05) is 0 Å². The molecule has 3 atom stereocenters. The highest BCUT2D eigenvalue weighted by Crippen LogP contribution is 2.35. The van der Waals surface area contributed by atoms with Crippen LogP contribution >= 0.6 is 0 Å². The Kier molecular flexibility index (Phi) is 3.12. The number of aliphatic carboxylic acids is 1. The van der Waals surface area contributed by atoms with Crippen molar-refractivity contribution in [2.24, 2.45) is 17.8 Å². The Bertz CT molecular complexity index is 165. The average Bonchev–Trinajstić information content (AvgIpc) is 1.98. The predicted molar refractivity (Wildman–Crippen MR) is 47.9 cm³/mol. The first-order chi connectivity index (χ1) is 5.61. The third-order valence-electron chi connectivity index (χ3n) is 3.31. The number of carbonyl (C=O) groups is 1. The van der Waals surface area contributed by atoms with Crippen molar-refractivity contribution in [2.45, 2.75) is 39.5 Å². The van der Waals surface area contributed by atoms with Gasteiger partial charge in [-0.05, 0) is 24.2 Å². The molecular weight excluding hydrogens is 152 g/mol. The highest BCUT2D eigenvalue weighted by Gasteiger charge is 2.28. The van der Waals surface area contributed by atoms with Crippen molar-refractivity contribution in [3.05, 3.63) is 0 Å². The van der Waals surface area contributed by atoms with Gasteiger partial charge in [0, 0.05) is 6.42 Å². The molecule has 2 heteroatoms. The second-order valence-corrected chi connectivity index (χ2v) is 4.13. The molecule has 1 aliphatic rings. The van der Waals surface area contributed by atoms with E-state index in [9.17, 15) is 4.79 Å². The molecule has 0 aliphatic heterocycles. The van der Waals surface area contributed by atoms with Crippen LogP contribution in [0, 0.1) is 17.8 Å². The van der Waals surface area contributed by atoms with Gasteiger partial charge in [0.2, 0.25) is 0 Å². The van der Waals surface area contributed by atoms with Crippen molar-refractivity contribution in [3.8, 4) is 0 Å². The van der Waals surface area contributed by atoms with Crippen LogP contribution in [0.1, 0.15) is 39.5 Å². The third kappa shape index (κ3) is 2.23. The molecule has 70 valence electrons. The lowest BCUT2D eigenvalue weighted by molar-refractivity contribution is -0.139. The molecule has 3 unspecified atom stereocenters. The Morgan fingerprint density at radius 1 is 1.42 bits per heavy atom. The van der Waals surface area contributed by atoms with Gasteiger partial charge in [-0.25, -0.2) is 0 Å². The minimum absolute atomic E-state index is 0.367. The monoisotopic (exact) mass is 170 g/mol. The molecule has 0 heterocycles. The molecule has 1 aliphatic carbocycles. The van der Waals surface area contributed by atoms with Crippen molar-refractivity contribution in [3.63, 3.8) is 0 Å². The summed E-state index contributed by atoms with van der Waals surface area (Å²) in [4.78, 5) is 10.5. The van der Waals surface area contributed by atoms with E-state index in [0.717, 1.165) is 6.42 Å². The standard InChI is InChI=1S/C10H18O2/c1-7-4-3-5-9(8(7)2)6-10(11)12/h7-9H,3-6H2,1-2H3,(H,11,12). The Morgan fingerprint density at radius 3 is 2.67 bits per heavy atom. The van der Waals surface area contributed by atoms with Gasteiger partial charge in [0.15, 0.2) is 0 Å². The summed E-state index contributed by atoms with van der Waals surface area (Å²) in [5.41, 5.74) is 0. The van der Waals surface area contributed by atoms with Crippen LogP contribution in [0.3, 0.4) is 0 Å². The first-order valence-corrected chi connectivity index (χ1v) is 4.83. The normalized spacial score (nSPS) is 36.3. The average molecular weight is 170 g/mol. The molecule has 0 aromatic rings. The molecule has 0 bridgehead atoms.